The van der Waals surface area contributed by atoms with E-state index in [-0.39, 0.29) is 30.2 Å². The normalized spacial score (nSPS) is 16.9. The lowest BCUT2D eigenvalue weighted by Gasteiger charge is -2.15. The maximum absolute atomic E-state index is 9.21. The van der Waals surface area contributed by atoms with Crippen molar-refractivity contribution in [3.05, 3.63) is 0 Å². The van der Waals surface area contributed by atoms with Crippen LogP contribution in [0.1, 0.15) is 26.7 Å². The van der Waals surface area contributed by atoms with E-state index in [9.17, 15) is 5.11 Å². The summed E-state index contributed by atoms with van der Waals surface area (Å²) in [7, 11) is 0. The highest BCUT2D eigenvalue weighted by Crippen LogP contribution is 2.37. The van der Waals surface area contributed by atoms with Crippen molar-refractivity contribution < 1.29 is 9.84 Å². The molecule has 1 aliphatic carbocycles. The zero-order valence-corrected chi connectivity index (χ0v) is 9.97. The summed E-state index contributed by atoms with van der Waals surface area (Å²) in [5, 5.41) is 12.3. The predicted molar refractivity (Wildman–Crippen MR) is 62.7 cm³/mol. The van der Waals surface area contributed by atoms with Crippen molar-refractivity contribution in [2.45, 2.75) is 38.3 Å². The topological polar surface area (TPSA) is 106 Å². The van der Waals surface area contributed by atoms with Gasteiger partial charge in [0.25, 0.3) is 0 Å². The molecular formula is C10H17N5O2. The summed E-state index contributed by atoms with van der Waals surface area (Å²) >= 11 is 0. The van der Waals surface area contributed by atoms with Crippen LogP contribution in [-0.2, 0) is 0 Å². The maximum atomic E-state index is 9.21. The molecular weight excluding hydrogens is 222 g/mol. The first-order chi connectivity index (χ1) is 8.03. The van der Waals surface area contributed by atoms with Gasteiger partial charge in [0.2, 0.25) is 11.9 Å². The first-order valence-electron chi connectivity index (χ1n) is 5.60. The van der Waals surface area contributed by atoms with Gasteiger partial charge >= 0.3 is 6.01 Å². The van der Waals surface area contributed by atoms with Crippen LogP contribution >= 0.6 is 0 Å². The van der Waals surface area contributed by atoms with E-state index in [4.69, 9.17) is 10.5 Å². The Bertz CT molecular complexity index is 406. The second kappa shape index (κ2) is 4.33. The Morgan fingerprint density at radius 2 is 2.12 bits per heavy atom. The zero-order chi connectivity index (χ0) is 12.5. The molecule has 0 bridgehead atoms. The van der Waals surface area contributed by atoms with E-state index in [1.807, 2.05) is 13.8 Å². The molecule has 0 aromatic carbocycles. The van der Waals surface area contributed by atoms with Gasteiger partial charge in [0.1, 0.15) is 0 Å². The first kappa shape index (κ1) is 11.8. The number of nitrogen functional groups attached to an aromatic ring is 1. The lowest BCUT2D eigenvalue weighted by Crippen LogP contribution is -2.27. The number of anilines is 2. The largest absolute Gasteiger partial charge is 0.461 e. The van der Waals surface area contributed by atoms with E-state index >= 15 is 0 Å². The molecule has 1 fully saturated rings. The van der Waals surface area contributed by atoms with Crippen LogP contribution < -0.4 is 15.8 Å². The molecule has 0 atom stereocenters. The molecule has 7 heteroatoms. The van der Waals surface area contributed by atoms with Gasteiger partial charge in [0, 0.05) is 0 Å². The molecule has 1 saturated carbocycles. The van der Waals surface area contributed by atoms with Crippen LogP contribution in [0.5, 0.6) is 6.01 Å². The van der Waals surface area contributed by atoms with Crippen LogP contribution in [0.15, 0.2) is 0 Å². The van der Waals surface area contributed by atoms with Gasteiger partial charge in [-0.15, -0.1) is 0 Å². The molecule has 1 heterocycles. The minimum atomic E-state index is -0.289. The summed E-state index contributed by atoms with van der Waals surface area (Å²) in [6, 6.07) is 0.198. The molecule has 0 amide bonds. The van der Waals surface area contributed by atoms with Gasteiger partial charge in [-0.3, -0.25) is 0 Å². The van der Waals surface area contributed by atoms with Gasteiger partial charge in [-0.05, 0) is 26.7 Å². The SMILES string of the molecule is CC(C)Oc1nc(N)nc(NC2(CO)CC2)n1. The van der Waals surface area contributed by atoms with Crippen molar-refractivity contribution in [2.75, 3.05) is 17.7 Å². The fourth-order valence-corrected chi connectivity index (χ4v) is 1.40. The average molecular weight is 239 g/mol. The summed E-state index contributed by atoms with van der Waals surface area (Å²) in [5.41, 5.74) is 5.28. The molecule has 7 nitrogen and oxygen atoms in total. The number of aliphatic hydroxyl groups is 1. The van der Waals surface area contributed by atoms with E-state index in [0.29, 0.717) is 5.95 Å². The highest BCUT2D eigenvalue weighted by molar-refractivity contribution is 5.38. The smallest absolute Gasteiger partial charge is 0.323 e. The van der Waals surface area contributed by atoms with Gasteiger partial charge in [-0.1, -0.05) is 0 Å². The van der Waals surface area contributed by atoms with Crippen LogP contribution in [0.4, 0.5) is 11.9 Å². The van der Waals surface area contributed by atoms with Crippen LogP contribution in [-0.4, -0.2) is 38.3 Å². The van der Waals surface area contributed by atoms with Crippen molar-refractivity contribution in [1.29, 1.82) is 0 Å². The van der Waals surface area contributed by atoms with Crippen LogP contribution in [0.25, 0.3) is 0 Å². The Kier molecular flexibility index (Phi) is 3.01. The third kappa shape index (κ3) is 2.94. The summed E-state index contributed by atoms with van der Waals surface area (Å²) in [5.74, 6) is 0.451. The van der Waals surface area contributed by atoms with Crippen molar-refractivity contribution in [3.8, 4) is 6.01 Å². The Morgan fingerprint density at radius 1 is 1.41 bits per heavy atom. The molecule has 0 radical (unpaired) electrons. The Labute approximate surface area is 99.4 Å². The van der Waals surface area contributed by atoms with Crippen LogP contribution in [0.2, 0.25) is 0 Å². The number of nitrogens with zero attached hydrogens (tertiary/aromatic N) is 3. The molecule has 1 aromatic rings. The molecule has 2 rings (SSSR count). The Morgan fingerprint density at radius 3 is 2.65 bits per heavy atom. The number of hydrogen-bond donors (Lipinski definition) is 3. The van der Waals surface area contributed by atoms with E-state index in [1.54, 1.807) is 0 Å². The third-order valence-corrected chi connectivity index (χ3v) is 2.51. The fraction of sp³-hybridized carbons (Fsp3) is 0.700. The minimum absolute atomic E-state index is 0.0302. The lowest BCUT2D eigenvalue weighted by molar-refractivity contribution is 0.222. The summed E-state index contributed by atoms with van der Waals surface area (Å²) in [6.45, 7) is 3.81. The van der Waals surface area contributed by atoms with Gasteiger partial charge in [-0.2, -0.15) is 15.0 Å². The second-order valence-electron chi connectivity index (χ2n) is 4.53. The third-order valence-electron chi connectivity index (χ3n) is 2.51. The van der Waals surface area contributed by atoms with Crippen LogP contribution in [0, 0.1) is 0 Å². The Hall–Kier alpha value is -1.63. The van der Waals surface area contributed by atoms with E-state index in [1.165, 1.54) is 0 Å². The van der Waals surface area contributed by atoms with Crippen molar-refractivity contribution >= 4 is 11.9 Å². The summed E-state index contributed by atoms with van der Waals surface area (Å²) in [6.07, 6.45) is 1.77. The standard InChI is InChI=1S/C10H17N5O2/c1-6(2)17-9-13-7(11)12-8(14-9)15-10(5-16)3-4-10/h6,16H,3-5H2,1-2H3,(H3,11,12,13,14,15). The second-order valence-corrected chi connectivity index (χ2v) is 4.53. The number of rotatable bonds is 5. The monoisotopic (exact) mass is 239 g/mol. The Balaban J connectivity index is 2.14. The fourth-order valence-electron chi connectivity index (χ4n) is 1.40. The predicted octanol–water partition coefficient (Wildman–Crippen LogP) is 0.178. The van der Waals surface area contributed by atoms with E-state index in [0.717, 1.165) is 12.8 Å². The number of hydrogen-bond acceptors (Lipinski definition) is 7. The molecule has 1 aromatic heterocycles. The van der Waals surface area contributed by atoms with Crippen LogP contribution in [0.3, 0.4) is 0 Å². The highest BCUT2D eigenvalue weighted by Gasteiger charge is 2.42. The summed E-state index contributed by atoms with van der Waals surface area (Å²) < 4.78 is 5.36. The quantitative estimate of drug-likeness (QED) is 0.672. The minimum Gasteiger partial charge on any atom is -0.461 e. The molecule has 0 aliphatic heterocycles. The van der Waals surface area contributed by atoms with Crippen molar-refractivity contribution in [1.82, 2.24) is 15.0 Å². The molecule has 0 unspecified atom stereocenters. The molecule has 17 heavy (non-hydrogen) atoms. The number of aliphatic hydroxyl groups excluding tert-OH is 1. The van der Waals surface area contributed by atoms with Gasteiger partial charge in [-0.25, -0.2) is 0 Å². The number of aromatic nitrogens is 3. The highest BCUT2D eigenvalue weighted by atomic mass is 16.5. The lowest BCUT2D eigenvalue weighted by atomic mass is 10.3. The average Bonchev–Trinajstić information content (AvgIpc) is 2.96. The van der Waals surface area contributed by atoms with Crippen molar-refractivity contribution in [3.63, 3.8) is 0 Å². The van der Waals surface area contributed by atoms with Gasteiger partial charge < -0.3 is 20.9 Å². The van der Waals surface area contributed by atoms with E-state index < -0.39 is 0 Å². The van der Waals surface area contributed by atoms with Crippen molar-refractivity contribution in [2.24, 2.45) is 0 Å². The molecule has 0 spiro atoms. The van der Waals surface area contributed by atoms with Gasteiger partial charge in [0.05, 0.1) is 18.2 Å². The summed E-state index contributed by atoms with van der Waals surface area (Å²) in [4.78, 5) is 11.9. The number of nitrogens with one attached hydrogen (secondary N) is 1. The molecule has 94 valence electrons. The maximum Gasteiger partial charge on any atom is 0.323 e. The molecule has 1 aliphatic rings. The van der Waals surface area contributed by atoms with E-state index in [2.05, 4.69) is 20.3 Å². The van der Waals surface area contributed by atoms with Gasteiger partial charge in [0.15, 0.2) is 0 Å². The molecule has 4 N–H and O–H groups in total. The first-order valence-corrected chi connectivity index (χ1v) is 5.60. The molecule has 0 saturated heterocycles. The zero-order valence-electron chi connectivity index (χ0n) is 9.97. The number of nitrogens with two attached hydrogens (primary N) is 1. The number of ether oxygens (including phenoxy) is 1.